The molecule has 0 aliphatic heterocycles. The number of aliphatic imine (C=N–C) groups is 1. The van der Waals surface area contributed by atoms with Crippen LogP contribution in [0.4, 0.5) is 0 Å². The molecule has 0 radical (unpaired) electrons. The lowest BCUT2D eigenvalue weighted by molar-refractivity contribution is -0.120. The lowest BCUT2D eigenvalue weighted by Gasteiger charge is -2.23. The van der Waals surface area contributed by atoms with Crippen LogP contribution in [-0.4, -0.2) is 47.8 Å². The van der Waals surface area contributed by atoms with E-state index in [0.717, 1.165) is 23.1 Å². The Morgan fingerprint density at radius 1 is 1.20 bits per heavy atom. The van der Waals surface area contributed by atoms with E-state index in [1.54, 1.807) is 0 Å². The van der Waals surface area contributed by atoms with Crippen molar-refractivity contribution in [1.82, 2.24) is 15.6 Å². The summed E-state index contributed by atoms with van der Waals surface area (Å²) in [4.78, 5) is 34.1. The summed E-state index contributed by atoms with van der Waals surface area (Å²) in [6.45, 7) is 0.615. The number of Topliss-reactive ketones (excluding diaryl/α,β-unsaturated/α-hetero) is 1. The largest absolute Gasteiger partial charge is 0.370 e. The number of aromatic nitrogens is 1. The topological polar surface area (TPSA) is 135 Å². The number of carbonyl (C=O) groups is 2. The number of nitrogens with two attached hydrogens (primary N) is 2. The third kappa shape index (κ3) is 6.50. The van der Waals surface area contributed by atoms with Crippen LogP contribution in [0.3, 0.4) is 0 Å². The minimum absolute atomic E-state index is 0.0183. The molecule has 1 aliphatic rings. The summed E-state index contributed by atoms with van der Waals surface area (Å²) >= 11 is 1.35. The van der Waals surface area contributed by atoms with Crippen LogP contribution < -0.4 is 22.1 Å². The van der Waals surface area contributed by atoms with E-state index in [2.05, 4.69) is 20.6 Å². The third-order valence-corrected chi connectivity index (χ3v) is 6.31. The molecule has 162 valence electrons. The summed E-state index contributed by atoms with van der Waals surface area (Å²) in [5.74, 6) is -0.335. The highest BCUT2D eigenvalue weighted by atomic mass is 32.1. The van der Waals surface area contributed by atoms with E-state index in [4.69, 9.17) is 11.5 Å². The molecular weight excluding hydrogens is 400 g/mol. The molecule has 1 amide bonds. The molecule has 1 heterocycles. The quantitative estimate of drug-likeness (QED) is 0.197. The molecule has 0 saturated heterocycles. The number of rotatable bonds is 10. The van der Waals surface area contributed by atoms with Crippen molar-refractivity contribution in [2.45, 2.75) is 57.0 Å². The predicted octanol–water partition coefficient (Wildman–Crippen LogP) is 1.94. The van der Waals surface area contributed by atoms with Crippen molar-refractivity contribution in [1.29, 1.82) is 0 Å². The van der Waals surface area contributed by atoms with Crippen molar-refractivity contribution in [2.24, 2.45) is 16.5 Å². The second kappa shape index (κ2) is 11.0. The van der Waals surface area contributed by atoms with E-state index in [1.807, 2.05) is 24.3 Å². The Hall–Kier alpha value is -2.52. The molecule has 9 heteroatoms. The van der Waals surface area contributed by atoms with Gasteiger partial charge in [0.25, 0.3) is 0 Å². The maximum Gasteiger partial charge on any atom is 0.234 e. The Labute approximate surface area is 180 Å². The van der Waals surface area contributed by atoms with E-state index in [0.29, 0.717) is 30.4 Å². The monoisotopic (exact) mass is 430 g/mol. The van der Waals surface area contributed by atoms with Gasteiger partial charge in [0, 0.05) is 12.6 Å². The van der Waals surface area contributed by atoms with Gasteiger partial charge in [-0.2, -0.15) is 0 Å². The molecule has 3 rings (SSSR count). The van der Waals surface area contributed by atoms with Gasteiger partial charge in [-0.25, -0.2) is 4.98 Å². The highest BCUT2D eigenvalue weighted by Gasteiger charge is 2.25. The molecule has 8 nitrogen and oxygen atoms in total. The highest BCUT2D eigenvalue weighted by Crippen LogP contribution is 2.23. The minimum Gasteiger partial charge on any atom is -0.370 e. The first-order valence-electron chi connectivity index (χ1n) is 10.5. The van der Waals surface area contributed by atoms with Crippen molar-refractivity contribution >= 4 is 39.2 Å². The number of hydrogen-bond acceptors (Lipinski definition) is 6. The number of amides is 1. The van der Waals surface area contributed by atoms with Gasteiger partial charge in [0.05, 0.1) is 22.8 Å². The van der Waals surface area contributed by atoms with Crippen LogP contribution in [0.25, 0.3) is 10.2 Å². The Balaban J connectivity index is 1.63. The molecule has 1 atom stereocenters. The average molecular weight is 431 g/mol. The fraction of sp³-hybridized carbons (Fsp3) is 0.524. The van der Waals surface area contributed by atoms with Crippen LogP contribution in [0.5, 0.6) is 0 Å². The number of fused-ring (bicyclic) bond motifs is 1. The summed E-state index contributed by atoms with van der Waals surface area (Å²) in [5, 5.41) is 6.62. The van der Waals surface area contributed by atoms with Crippen LogP contribution in [0.1, 0.15) is 54.7 Å². The zero-order chi connectivity index (χ0) is 21.3. The van der Waals surface area contributed by atoms with E-state index in [-0.39, 0.29) is 24.2 Å². The molecule has 1 aromatic carbocycles. The molecule has 1 fully saturated rings. The van der Waals surface area contributed by atoms with E-state index in [1.165, 1.54) is 30.6 Å². The van der Waals surface area contributed by atoms with E-state index in [9.17, 15) is 9.59 Å². The number of nitrogens with zero attached hydrogens (tertiary/aromatic N) is 2. The van der Waals surface area contributed by atoms with Gasteiger partial charge in [-0.3, -0.25) is 14.6 Å². The summed E-state index contributed by atoms with van der Waals surface area (Å²) in [6.07, 6.45) is 6.88. The zero-order valence-electron chi connectivity index (χ0n) is 17.1. The Morgan fingerprint density at radius 2 is 1.97 bits per heavy atom. The van der Waals surface area contributed by atoms with E-state index >= 15 is 0 Å². The van der Waals surface area contributed by atoms with Gasteiger partial charge in [-0.15, -0.1) is 11.3 Å². The third-order valence-electron chi connectivity index (χ3n) is 5.26. The molecule has 30 heavy (non-hydrogen) atoms. The first kappa shape index (κ1) is 22.2. The van der Waals surface area contributed by atoms with Crippen LogP contribution in [0.2, 0.25) is 0 Å². The van der Waals surface area contributed by atoms with Crippen molar-refractivity contribution in [3.63, 3.8) is 0 Å². The summed E-state index contributed by atoms with van der Waals surface area (Å²) in [7, 11) is 0. The first-order valence-corrected chi connectivity index (χ1v) is 11.3. The number of carbonyl (C=O) groups excluding carboxylic acids is 2. The Morgan fingerprint density at radius 3 is 2.70 bits per heavy atom. The zero-order valence-corrected chi connectivity index (χ0v) is 17.9. The molecule has 0 spiro atoms. The summed E-state index contributed by atoms with van der Waals surface area (Å²) in [6, 6.07) is 7.35. The lowest BCUT2D eigenvalue weighted by Crippen LogP contribution is -2.46. The fourth-order valence-electron chi connectivity index (χ4n) is 3.69. The van der Waals surface area contributed by atoms with Crippen molar-refractivity contribution < 1.29 is 9.59 Å². The minimum atomic E-state index is -0.652. The second-order valence-corrected chi connectivity index (χ2v) is 8.67. The molecule has 6 N–H and O–H groups in total. The Kier molecular flexibility index (Phi) is 8.15. The molecule has 1 aromatic heterocycles. The maximum atomic E-state index is 13.1. The van der Waals surface area contributed by atoms with Gasteiger partial charge in [-0.1, -0.05) is 31.4 Å². The van der Waals surface area contributed by atoms with Gasteiger partial charge in [-0.05, 0) is 37.8 Å². The van der Waals surface area contributed by atoms with Crippen molar-refractivity contribution in [3.05, 3.63) is 29.3 Å². The second-order valence-electron chi connectivity index (χ2n) is 7.64. The molecule has 0 bridgehead atoms. The normalized spacial score (nSPS) is 15.6. The van der Waals surface area contributed by atoms with Gasteiger partial charge < -0.3 is 22.1 Å². The number of thiazole rings is 1. The average Bonchev–Trinajstić information content (AvgIpc) is 3.19. The number of guanidine groups is 1. The smallest absolute Gasteiger partial charge is 0.234 e. The molecule has 1 unspecified atom stereocenters. The van der Waals surface area contributed by atoms with Crippen LogP contribution in [0.15, 0.2) is 29.3 Å². The first-order chi connectivity index (χ1) is 14.5. The fourth-order valence-corrected chi connectivity index (χ4v) is 4.65. The molecule has 1 aliphatic carbocycles. The van der Waals surface area contributed by atoms with Gasteiger partial charge in [0.2, 0.25) is 11.7 Å². The summed E-state index contributed by atoms with van der Waals surface area (Å²) in [5.41, 5.74) is 11.5. The van der Waals surface area contributed by atoms with Crippen LogP contribution in [0, 0.1) is 0 Å². The molecule has 1 saturated carbocycles. The van der Waals surface area contributed by atoms with Gasteiger partial charge in [0.15, 0.2) is 11.0 Å². The number of ketones is 1. The predicted molar refractivity (Wildman–Crippen MR) is 121 cm³/mol. The molecule has 2 aromatic rings. The maximum absolute atomic E-state index is 13.1. The molecular formula is C21H30N6O2S. The highest BCUT2D eigenvalue weighted by molar-refractivity contribution is 7.20. The number of benzene rings is 1. The van der Waals surface area contributed by atoms with Crippen LogP contribution >= 0.6 is 11.3 Å². The van der Waals surface area contributed by atoms with Gasteiger partial charge in [0.1, 0.15) is 0 Å². The van der Waals surface area contributed by atoms with Gasteiger partial charge >= 0.3 is 0 Å². The van der Waals surface area contributed by atoms with Crippen molar-refractivity contribution in [2.75, 3.05) is 13.1 Å². The Bertz CT molecular complexity index is 854. The standard InChI is InChI=1S/C21H30N6O2S/c22-21(23)24-12-6-10-16(26-18(28)13-25-14-7-2-1-3-8-14)19(29)20-27-15-9-4-5-11-17(15)30-20/h4-5,9,11,14,16,25H,1-3,6-8,10,12-13H2,(H,26,28)(H4,22,23,24). The number of para-hydroxylation sites is 1. The lowest BCUT2D eigenvalue weighted by atomic mass is 9.95. The number of hydrogen-bond donors (Lipinski definition) is 4. The SMILES string of the molecule is NC(N)=NCCCC(NC(=O)CNC1CCCCC1)C(=O)c1nc2ccccc2s1. The van der Waals surface area contributed by atoms with Crippen LogP contribution in [-0.2, 0) is 4.79 Å². The van der Waals surface area contributed by atoms with E-state index < -0.39 is 6.04 Å². The summed E-state index contributed by atoms with van der Waals surface area (Å²) < 4.78 is 0.949. The van der Waals surface area contributed by atoms with Crippen molar-refractivity contribution in [3.8, 4) is 0 Å². The number of nitrogens with one attached hydrogen (secondary N) is 2.